The Labute approximate surface area is 111 Å². The number of hydrogen-bond donors (Lipinski definition) is 1. The summed E-state index contributed by atoms with van der Waals surface area (Å²) in [6, 6.07) is 0.492. The van der Waals surface area contributed by atoms with Crippen LogP contribution in [0.25, 0.3) is 0 Å². The van der Waals surface area contributed by atoms with E-state index in [0.717, 1.165) is 25.9 Å². The van der Waals surface area contributed by atoms with Crippen LogP contribution >= 0.6 is 0 Å². The topological polar surface area (TPSA) is 32.3 Å². The number of hydrogen-bond acceptors (Lipinski definition) is 2. The van der Waals surface area contributed by atoms with E-state index in [2.05, 4.69) is 17.1 Å². The average molecular weight is 252 g/mol. The smallest absolute Gasteiger partial charge is 0.226 e. The molecular formula is C15H28N2O. The van der Waals surface area contributed by atoms with Crippen LogP contribution in [0.5, 0.6) is 0 Å². The zero-order valence-corrected chi connectivity index (χ0v) is 12.0. The van der Waals surface area contributed by atoms with E-state index in [1.165, 1.54) is 32.1 Å². The number of amides is 1. The maximum Gasteiger partial charge on any atom is 0.226 e. The van der Waals surface area contributed by atoms with Crippen molar-refractivity contribution >= 4 is 5.91 Å². The first-order chi connectivity index (χ1) is 8.74. The first kappa shape index (κ1) is 13.9. The van der Waals surface area contributed by atoms with Gasteiger partial charge in [0.15, 0.2) is 0 Å². The molecule has 0 aromatic carbocycles. The van der Waals surface area contributed by atoms with Crippen LogP contribution in [0.15, 0.2) is 0 Å². The lowest BCUT2D eigenvalue weighted by Crippen LogP contribution is -2.47. The van der Waals surface area contributed by atoms with E-state index in [-0.39, 0.29) is 0 Å². The van der Waals surface area contributed by atoms with E-state index in [9.17, 15) is 4.79 Å². The molecule has 0 aromatic heterocycles. The van der Waals surface area contributed by atoms with Crippen molar-refractivity contribution in [3.63, 3.8) is 0 Å². The zero-order chi connectivity index (χ0) is 13.0. The summed E-state index contributed by atoms with van der Waals surface area (Å²) in [5.41, 5.74) is 0. The molecule has 104 valence electrons. The summed E-state index contributed by atoms with van der Waals surface area (Å²) >= 11 is 0. The molecule has 2 fully saturated rings. The minimum atomic E-state index is 0.320. The van der Waals surface area contributed by atoms with Gasteiger partial charge in [0.2, 0.25) is 5.91 Å². The lowest BCUT2D eigenvalue weighted by Gasteiger charge is -2.38. The molecule has 0 aromatic rings. The highest BCUT2D eigenvalue weighted by molar-refractivity contribution is 5.79. The first-order valence-corrected chi connectivity index (χ1v) is 7.69. The predicted molar refractivity (Wildman–Crippen MR) is 74.4 cm³/mol. The fraction of sp³-hybridized carbons (Fsp3) is 0.933. The Morgan fingerprint density at radius 1 is 1.22 bits per heavy atom. The maximum absolute atomic E-state index is 12.7. The van der Waals surface area contributed by atoms with Crippen LogP contribution in [0.2, 0.25) is 0 Å². The second-order valence-corrected chi connectivity index (χ2v) is 6.09. The second kappa shape index (κ2) is 6.55. The third-order valence-electron chi connectivity index (χ3n) is 4.82. The van der Waals surface area contributed by atoms with Gasteiger partial charge in [-0.1, -0.05) is 13.3 Å². The summed E-state index contributed by atoms with van der Waals surface area (Å²) in [7, 11) is 1.99. The summed E-state index contributed by atoms with van der Waals surface area (Å²) < 4.78 is 0. The molecule has 0 radical (unpaired) electrons. The molecule has 1 amide bonds. The van der Waals surface area contributed by atoms with Crippen molar-refractivity contribution in [2.75, 3.05) is 20.1 Å². The van der Waals surface area contributed by atoms with E-state index in [0.29, 0.717) is 23.8 Å². The molecular weight excluding hydrogens is 224 g/mol. The van der Waals surface area contributed by atoms with Gasteiger partial charge in [-0.15, -0.1) is 0 Å². The number of rotatable bonds is 4. The van der Waals surface area contributed by atoms with Crippen LogP contribution < -0.4 is 5.32 Å². The lowest BCUT2D eigenvalue weighted by molar-refractivity contribution is -0.140. The van der Waals surface area contributed by atoms with Crippen LogP contribution in [0, 0.1) is 11.8 Å². The molecule has 18 heavy (non-hydrogen) atoms. The number of nitrogens with zero attached hydrogens (tertiary/aromatic N) is 1. The Kier molecular flexibility index (Phi) is 5.04. The van der Waals surface area contributed by atoms with Crippen LogP contribution in [0.3, 0.4) is 0 Å². The summed E-state index contributed by atoms with van der Waals surface area (Å²) in [5.74, 6) is 1.38. The number of nitrogens with one attached hydrogen (secondary N) is 1. The quantitative estimate of drug-likeness (QED) is 0.833. The van der Waals surface area contributed by atoms with Gasteiger partial charge < -0.3 is 10.2 Å². The molecule has 3 atom stereocenters. The number of likely N-dealkylation sites (tertiary alicyclic amines) is 1. The van der Waals surface area contributed by atoms with Gasteiger partial charge in [0.1, 0.15) is 0 Å². The van der Waals surface area contributed by atoms with Gasteiger partial charge in [-0.25, -0.2) is 0 Å². The maximum atomic E-state index is 12.7. The van der Waals surface area contributed by atoms with Crippen molar-refractivity contribution in [1.82, 2.24) is 10.2 Å². The fourth-order valence-corrected chi connectivity index (χ4v) is 3.63. The predicted octanol–water partition coefficient (Wildman–Crippen LogP) is 2.41. The Hall–Kier alpha value is -0.570. The van der Waals surface area contributed by atoms with Gasteiger partial charge >= 0.3 is 0 Å². The largest absolute Gasteiger partial charge is 0.339 e. The summed E-state index contributed by atoms with van der Waals surface area (Å²) in [6.45, 7) is 4.27. The van der Waals surface area contributed by atoms with Crippen LogP contribution in [0.1, 0.15) is 51.9 Å². The monoisotopic (exact) mass is 252 g/mol. The van der Waals surface area contributed by atoms with Crippen molar-refractivity contribution in [3.05, 3.63) is 0 Å². The van der Waals surface area contributed by atoms with E-state index in [1.54, 1.807) is 0 Å². The minimum Gasteiger partial charge on any atom is -0.339 e. The molecule has 1 saturated carbocycles. The molecule has 0 bridgehead atoms. The van der Waals surface area contributed by atoms with E-state index < -0.39 is 0 Å². The standard InChI is InChI=1S/C15H28N2O/c1-12-6-5-8-14(12)15(18)17-11-4-3-7-13(17)9-10-16-2/h12-14,16H,3-11H2,1-2H3. The Balaban J connectivity index is 1.96. The molecule has 1 aliphatic carbocycles. The van der Waals surface area contributed by atoms with Gasteiger partial charge in [0, 0.05) is 18.5 Å². The normalized spacial score (nSPS) is 32.8. The van der Waals surface area contributed by atoms with Gasteiger partial charge in [-0.2, -0.15) is 0 Å². The van der Waals surface area contributed by atoms with Gasteiger partial charge in [-0.3, -0.25) is 4.79 Å². The van der Waals surface area contributed by atoms with Gasteiger partial charge in [-0.05, 0) is 58.0 Å². The lowest BCUT2D eigenvalue weighted by atomic mass is 9.92. The average Bonchev–Trinajstić information content (AvgIpc) is 2.82. The minimum absolute atomic E-state index is 0.320. The summed E-state index contributed by atoms with van der Waals surface area (Å²) in [4.78, 5) is 14.9. The third kappa shape index (κ3) is 3.05. The van der Waals surface area contributed by atoms with Crippen LogP contribution in [0.4, 0.5) is 0 Å². The Morgan fingerprint density at radius 2 is 2.06 bits per heavy atom. The molecule has 1 N–H and O–H groups in total. The molecule has 3 nitrogen and oxygen atoms in total. The van der Waals surface area contributed by atoms with E-state index in [4.69, 9.17) is 0 Å². The van der Waals surface area contributed by atoms with E-state index >= 15 is 0 Å². The molecule has 3 heteroatoms. The molecule has 2 aliphatic rings. The highest BCUT2D eigenvalue weighted by Gasteiger charge is 2.36. The third-order valence-corrected chi connectivity index (χ3v) is 4.82. The van der Waals surface area contributed by atoms with Crippen molar-refractivity contribution < 1.29 is 4.79 Å². The molecule has 0 spiro atoms. The number of piperidine rings is 1. The van der Waals surface area contributed by atoms with Crippen LogP contribution in [-0.2, 0) is 4.79 Å². The summed E-state index contributed by atoms with van der Waals surface area (Å²) in [6.07, 6.45) is 8.41. The molecule has 1 aliphatic heterocycles. The highest BCUT2D eigenvalue weighted by Crippen LogP contribution is 2.34. The Morgan fingerprint density at radius 3 is 2.72 bits per heavy atom. The van der Waals surface area contributed by atoms with Crippen LogP contribution in [-0.4, -0.2) is 37.0 Å². The summed E-state index contributed by atoms with van der Waals surface area (Å²) in [5, 5.41) is 3.21. The molecule has 2 rings (SSSR count). The van der Waals surface area contributed by atoms with Gasteiger partial charge in [0.05, 0.1) is 0 Å². The molecule has 1 heterocycles. The number of carbonyl (C=O) groups excluding carboxylic acids is 1. The Bertz CT molecular complexity index is 280. The highest BCUT2D eigenvalue weighted by atomic mass is 16.2. The van der Waals surface area contributed by atoms with Crippen molar-refractivity contribution in [3.8, 4) is 0 Å². The number of carbonyl (C=O) groups is 1. The van der Waals surface area contributed by atoms with Crippen molar-refractivity contribution in [2.45, 2.75) is 57.9 Å². The zero-order valence-electron chi connectivity index (χ0n) is 12.0. The first-order valence-electron chi connectivity index (χ1n) is 7.69. The SMILES string of the molecule is CNCCC1CCCCN1C(=O)C1CCCC1C. The van der Waals surface area contributed by atoms with E-state index in [1.807, 2.05) is 7.05 Å². The van der Waals surface area contributed by atoms with Crippen molar-refractivity contribution in [2.24, 2.45) is 11.8 Å². The van der Waals surface area contributed by atoms with Crippen molar-refractivity contribution in [1.29, 1.82) is 0 Å². The van der Waals surface area contributed by atoms with Gasteiger partial charge in [0.25, 0.3) is 0 Å². The molecule has 3 unspecified atom stereocenters. The second-order valence-electron chi connectivity index (χ2n) is 6.09. The fourth-order valence-electron chi connectivity index (χ4n) is 3.63. The molecule has 1 saturated heterocycles.